The Kier molecular flexibility index (Phi) is 4.37. The zero-order chi connectivity index (χ0) is 18.1. The predicted molar refractivity (Wildman–Crippen MR) is 102 cm³/mol. The van der Waals surface area contributed by atoms with E-state index >= 15 is 0 Å². The summed E-state index contributed by atoms with van der Waals surface area (Å²) >= 11 is 0. The molecule has 1 saturated carbocycles. The molecular formula is C20H23N5O2. The number of ether oxygens (including phenoxy) is 1. The molecule has 27 heavy (non-hydrogen) atoms. The molecule has 3 aromatic rings. The second kappa shape index (κ2) is 7.15. The molecule has 0 N–H and O–H groups in total. The summed E-state index contributed by atoms with van der Waals surface area (Å²) in [5.41, 5.74) is 3.13. The molecule has 2 fully saturated rings. The number of hydrogen-bond donors (Lipinski definition) is 0. The van der Waals surface area contributed by atoms with E-state index in [1.165, 1.54) is 18.5 Å². The van der Waals surface area contributed by atoms with Crippen LogP contribution in [0.1, 0.15) is 25.0 Å². The maximum atomic E-state index is 6.09. The molecule has 3 heterocycles. The summed E-state index contributed by atoms with van der Waals surface area (Å²) in [5.74, 6) is 0.719. The number of aromatic nitrogens is 3. The third-order valence-corrected chi connectivity index (χ3v) is 5.52. The summed E-state index contributed by atoms with van der Waals surface area (Å²) in [5, 5.41) is 1.01. The molecule has 0 bridgehead atoms. The summed E-state index contributed by atoms with van der Waals surface area (Å²) < 4.78 is 11.2. The zero-order valence-corrected chi connectivity index (χ0v) is 15.3. The van der Waals surface area contributed by atoms with Gasteiger partial charge in [-0.3, -0.25) is 4.90 Å². The number of rotatable bonds is 5. The van der Waals surface area contributed by atoms with E-state index in [4.69, 9.17) is 9.15 Å². The Hall–Kier alpha value is -2.67. The highest BCUT2D eigenvalue weighted by molar-refractivity contribution is 5.86. The summed E-state index contributed by atoms with van der Waals surface area (Å²) in [6.07, 6.45) is 8.62. The van der Waals surface area contributed by atoms with Gasteiger partial charge in [0.1, 0.15) is 18.7 Å². The van der Waals surface area contributed by atoms with Crippen molar-refractivity contribution in [2.24, 2.45) is 0 Å². The van der Waals surface area contributed by atoms with Crippen LogP contribution in [0.15, 0.2) is 41.6 Å². The minimum atomic E-state index is 0.312. The van der Waals surface area contributed by atoms with Gasteiger partial charge in [-0.05, 0) is 37.5 Å². The molecule has 2 aromatic heterocycles. The predicted octanol–water partition coefficient (Wildman–Crippen LogP) is 2.87. The first-order valence-electron chi connectivity index (χ1n) is 9.61. The molecule has 0 spiro atoms. The van der Waals surface area contributed by atoms with E-state index in [2.05, 4.69) is 43.0 Å². The average Bonchev–Trinajstić information content (AvgIpc) is 3.18. The molecule has 0 atom stereocenters. The number of benzene rings is 1. The highest BCUT2D eigenvalue weighted by atomic mass is 16.5. The SMILES string of the molecule is c1nc(OC2CCC2)c2cc(N3CCN(Cc4cocn4)CC3)ccc2n1. The number of anilines is 1. The van der Waals surface area contributed by atoms with Crippen LogP contribution in [0.4, 0.5) is 5.69 Å². The van der Waals surface area contributed by atoms with Crippen molar-refractivity contribution in [2.45, 2.75) is 31.9 Å². The number of fused-ring (bicyclic) bond motifs is 1. The molecule has 0 amide bonds. The molecule has 0 radical (unpaired) electrons. The Morgan fingerprint density at radius 3 is 2.70 bits per heavy atom. The zero-order valence-electron chi connectivity index (χ0n) is 15.3. The van der Waals surface area contributed by atoms with Gasteiger partial charge in [0.15, 0.2) is 6.39 Å². The lowest BCUT2D eigenvalue weighted by Crippen LogP contribution is -2.46. The Morgan fingerprint density at radius 2 is 1.96 bits per heavy atom. The lowest BCUT2D eigenvalue weighted by atomic mass is 9.96. The maximum Gasteiger partial charge on any atom is 0.224 e. The quantitative estimate of drug-likeness (QED) is 0.689. The van der Waals surface area contributed by atoms with Crippen LogP contribution in [-0.2, 0) is 6.54 Å². The first-order valence-corrected chi connectivity index (χ1v) is 9.61. The van der Waals surface area contributed by atoms with Gasteiger partial charge in [0.25, 0.3) is 0 Å². The van der Waals surface area contributed by atoms with Crippen molar-refractivity contribution in [3.63, 3.8) is 0 Å². The fraction of sp³-hybridized carbons (Fsp3) is 0.450. The van der Waals surface area contributed by atoms with Crippen molar-refractivity contribution in [2.75, 3.05) is 31.1 Å². The Balaban J connectivity index is 1.30. The standard InChI is InChI=1S/C20H23N5O2/c1-2-17(3-1)27-20-18-10-16(4-5-19(18)21-13-22-20)25-8-6-24(7-9-25)11-15-12-26-14-23-15/h4-5,10,12-14,17H,1-3,6-9,11H2. The fourth-order valence-electron chi connectivity index (χ4n) is 3.67. The van der Waals surface area contributed by atoms with Gasteiger partial charge in [0.2, 0.25) is 5.88 Å². The topological polar surface area (TPSA) is 67.5 Å². The molecule has 7 nitrogen and oxygen atoms in total. The Morgan fingerprint density at radius 1 is 1.07 bits per heavy atom. The lowest BCUT2D eigenvalue weighted by Gasteiger charge is -2.35. The molecule has 1 aliphatic carbocycles. The van der Waals surface area contributed by atoms with E-state index in [0.717, 1.165) is 68.0 Å². The molecule has 1 saturated heterocycles. The van der Waals surface area contributed by atoms with Crippen molar-refractivity contribution in [1.82, 2.24) is 19.9 Å². The van der Waals surface area contributed by atoms with Crippen molar-refractivity contribution < 1.29 is 9.15 Å². The van der Waals surface area contributed by atoms with Crippen LogP contribution >= 0.6 is 0 Å². The summed E-state index contributed by atoms with van der Waals surface area (Å²) in [6, 6.07) is 6.40. The smallest absolute Gasteiger partial charge is 0.224 e. The van der Waals surface area contributed by atoms with Crippen LogP contribution in [0.3, 0.4) is 0 Å². The van der Waals surface area contributed by atoms with E-state index in [-0.39, 0.29) is 0 Å². The summed E-state index contributed by atoms with van der Waals surface area (Å²) in [4.78, 5) is 17.8. The number of hydrogen-bond acceptors (Lipinski definition) is 7. The number of piperazine rings is 1. The van der Waals surface area contributed by atoms with Gasteiger partial charge >= 0.3 is 0 Å². The molecule has 7 heteroatoms. The number of nitrogens with zero attached hydrogens (tertiary/aromatic N) is 5. The summed E-state index contributed by atoms with van der Waals surface area (Å²) in [7, 11) is 0. The normalized spacial score (nSPS) is 18.6. The van der Waals surface area contributed by atoms with Crippen LogP contribution in [0.5, 0.6) is 5.88 Å². The highest BCUT2D eigenvalue weighted by Crippen LogP contribution is 2.31. The number of oxazole rings is 1. The molecule has 140 valence electrons. The Labute approximate surface area is 158 Å². The maximum absolute atomic E-state index is 6.09. The first-order chi connectivity index (χ1) is 13.3. The molecule has 2 aliphatic rings. The monoisotopic (exact) mass is 365 g/mol. The largest absolute Gasteiger partial charge is 0.474 e. The lowest BCUT2D eigenvalue weighted by molar-refractivity contribution is 0.116. The van der Waals surface area contributed by atoms with Crippen LogP contribution in [-0.4, -0.2) is 52.1 Å². The average molecular weight is 365 g/mol. The molecule has 5 rings (SSSR count). The van der Waals surface area contributed by atoms with Gasteiger partial charge in [-0.25, -0.2) is 15.0 Å². The van der Waals surface area contributed by atoms with Crippen molar-refractivity contribution in [3.05, 3.63) is 42.9 Å². The second-order valence-corrected chi connectivity index (χ2v) is 7.29. The third-order valence-electron chi connectivity index (χ3n) is 5.52. The van der Waals surface area contributed by atoms with E-state index in [9.17, 15) is 0 Å². The van der Waals surface area contributed by atoms with Crippen LogP contribution < -0.4 is 9.64 Å². The molecule has 0 unspecified atom stereocenters. The van der Waals surface area contributed by atoms with E-state index in [1.54, 1.807) is 12.6 Å². The molecule has 1 aromatic carbocycles. The van der Waals surface area contributed by atoms with E-state index in [1.807, 2.05) is 0 Å². The third kappa shape index (κ3) is 3.47. The molecular weight excluding hydrogens is 342 g/mol. The van der Waals surface area contributed by atoms with Crippen LogP contribution in [0.2, 0.25) is 0 Å². The van der Waals surface area contributed by atoms with Crippen molar-refractivity contribution in [1.29, 1.82) is 0 Å². The summed E-state index contributed by atoms with van der Waals surface area (Å²) in [6.45, 7) is 4.81. The van der Waals surface area contributed by atoms with Crippen molar-refractivity contribution >= 4 is 16.6 Å². The highest BCUT2D eigenvalue weighted by Gasteiger charge is 2.22. The van der Waals surface area contributed by atoms with Gasteiger partial charge in [-0.15, -0.1) is 0 Å². The van der Waals surface area contributed by atoms with Gasteiger partial charge < -0.3 is 14.1 Å². The van der Waals surface area contributed by atoms with Gasteiger partial charge in [0.05, 0.1) is 16.6 Å². The van der Waals surface area contributed by atoms with E-state index in [0.29, 0.717) is 6.10 Å². The van der Waals surface area contributed by atoms with Crippen LogP contribution in [0.25, 0.3) is 10.9 Å². The Bertz CT molecular complexity index is 902. The minimum Gasteiger partial charge on any atom is -0.474 e. The van der Waals surface area contributed by atoms with Gasteiger partial charge in [-0.2, -0.15) is 0 Å². The van der Waals surface area contributed by atoms with E-state index < -0.39 is 0 Å². The minimum absolute atomic E-state index is 0.312. The van der Waals surface area contributed by atoms with Gasteiger partial charge in [-0.1, -0.05) is 0 Å². The fourth-order valence-corrected chi connectivity index (χ4v) is 3.67. The second-order valence-electron chi connectivity index (χ2n) is 7.29. The molecule has 1 aliphatic heterocycles. The van der Waals surface area contributed by atoms with Crippen LogP contribution in [0, 0.1) is 0 Å². The first kappa shape index (κ1) is 16.5. The van der Waals surface area contributed by atoms with Gasteiger partial charge in [0, 0.05) is 38.4 Å². The van der Waals surface area contributed by atoms with Crippen molar-refractivity contribution in [3.8, 4) is 5.88 Å².